The summed E-state index contributed by atoms with van der Waals surface area (Å²) in [5.41, 5.74) is 0.783. The van der Waals surface area contributed by atoms with Gasteiger partial charge in [-0.1, -0.05) is 25.8 Å². The zero-order chi connectivity index (χ0) is 11.3. The van der Waals surface area contributed by atoms with Crippen LogP contribution in [-0.4, -0.2) is 26.3 Å². The number of hydrogen-bond donors (Lipinski definition) is 0. The first-order chi connectivity index (χ1) is 7.13. The van der Waals surface area contributed by atoms with E-state index in [2.05, 4.69) is 11.7 Å². The number of rotatable bonds is 5. The standard InChI is InChI=1S/C12H20O3/c1-4-5-6-12(8-15-9-12)7-10(2)11(13)14-3/h7H,4-6,8-9H2,1-3H3. The van der Waals surface area contributed by atoms with E-state index in [1.807, 2.05) is 6.08 Å². The van der Waals surface area contributed by atoms with Crippen LogP contribution >= 0.6 is 0 Å². The fourth-order valence-corrected chi connectivity index (χ4v) is 1.87. The molecule has 3 heteroatoms. The van der Waals surface area contributed by atoms with Gasteiger partial charge in [-0.05, 0) is 13.3 Å². The van der Waals surface area contributed by atoms with E-state index in [4.69, 9.17) is 4.74 Å². The van der Waals surface area contributed by atoms with Gasteiger partial charge in [0.15, 0.2) is 0 Å². The van der Waals surface area contributed by atoms with Crippen molar-refractivity contribution in [2.24, 2.45) is 5.41 Å². The van der Waals surface area contributed by atoms with Gasteiger partial charge in [-0.3, -0.25) is 0 Å². The number of unbranched alkanes of at least 4 members (excludes halogenated alkanes) is 1. The second kappa shape index (κ2) is 5.31. The van der Waals surface area contributed by atoms with Crippen molar-refractivity contribution in [2.45, 2.75) is 33.1 Å². The van der Waals surface area contributed by atoms with E-state index in [0.717, 1.165) is 19.6 Å². The third kappa shape index (κ3) is 3.06. The molecule has 0 unspecified atom stereocenters. The summed E-state index contributed by atoms with van der Waals surface area (Å²) in [4.78, 5) is 11.3. The Kier molecular flexibility index (Phi) is 4.33. The molecule has 0 aliphatic carbocycles. The molecule has 0 spiro atoms. The predicted octanol–water partition coefficient (Wildman–Crippen LogP) is 2.31. The molecule has 0 aromatic heterocycles. The number of ether oxygens (including phenoxy) is 2. The minimum atomic E-state index is -0.238. The Hall–Kier alpha value is -0.830. The van der Waals surface area contributed by atoms with Crippen LogP contribution in [-0.2, 0) is 14.3 Å². The van der Waals surface area contributed by atoms with Gasteiger partial charge in [0.1, 0.15) is 0 Å². The van der Waals surface area contributed by atoms with Crippen molar-refractivity contribution in [1.82, 2.24) is 0 Å². The van der Waals surface area contributed by atoms with Gasteiger partial charge in [-0.15, -0.1) is 0 Å². The van der Waals surface area contributed by atoms with Crippen LogP contribution in [0.15, 0.2) is 11.6 Å². The molecule has 0 atom stereocenters. The Balaban J connectivity index is 2.62. The summed E-state index contributed by atoms with van der Waals surface area (Å²) in [6.45, 7) is 5.45. The molecule has 1 heterocycles. The lowest BCUT2D eigenvalue weighted by Crippen LogP contribution is -2.41. The van der Waals surface area contributed by atoms with Crippen molar-refractivity contribution in [3.63, 3.8) is 0 Å². The Bertz CT molecular complexity index is 252. The van der Waals surface area contributed by atoms with E-state index in [1.165, 1.54) is 20.0 Å². The molecule has 1 aliphatic rings. The molecule has 1 rings (SSSR count). The van der Waals surface area contributed by atoms with Crippen LogP contribution in [0.4, 0.5) is 0 Å². The van der Waals surface area contributed by atoms with Gasteiger partial charge in [-0.2, -0.15) is 0 Å². The molecule has 1 fully saturated rings. The minimum Gasteiger partial charge on any atom is -0.466 e. The average molecular weight is 212 g/mol. The summed E-state index contributed by atoms with van der Waals surface area (Å²) in [6, 6.07) is 0. The molecule has 15 heavy (non-hydrogen) atoms. The minimum absolute atomic E-state index is 0.0916. The second-order valence-electron chi connectivity index (χ2n) is 4.28. The molecule has 0 aromatic carbocycles. The topological polar surface area (TPSA) is 35.5 Å². The number of methoxy groups -OCH3 is 1. The molecule has 1 aliphatic heterocycles. The predicted molar refractivity (Wildman–Crippen MR) is 58.6 cm³/mol. The molecular formula is C12H20O3. The summed E-state index contributed by atoms with van der Waals surface area (Å²) in [7, 11) is 1.41. The van der Waals surface area contributed by atoms with Gasteiger partial charge >= 0.3 is 5.97 Å². The Morgan fingerprint density at radius 1 is 1.53 bits per heavy atom. The lowest BCUT2D eigenvalue weighted by atomic mass is 9.79. The maximum atomic E-state index is 11.3. The quantitative estimate of drug-likeness (QED) is 0.518. The third-order valence-corrected chi connectivity index (χ3v) is 2.84. The van der Waals surface area contributed by atoms with E-state index < -0.39 is 0 Å². The molecule has 0 aromatic rings. The lowest BCUT2D eigenvalue weighted by molar-refractivity contribution is -0.136. The summed E-state index contributed by atoms with van der Waals surface area (Å²) in [5, 5.41) is 0. The fraction of sp³-hybridized carbons (Fsp3) is 0.750. The first-order valence-corrected chi connectivity index (χ1v) is 5.49. The van der Waals surface area contributed by atoms with Crippen molar-refractivity contribution in [3.8, 4) is 0 Å². The Morgan fingerprint density at radius 3 is 2.60 bits per heavy atom. The Morgan fingerprint density at radius 2 is 2.20 bits per heavy atom. The van der Waals surface area contributed by atoms with Gasteiger partial charge in [0, 0.05) is 11.0 Å². The first kappa shape index (κ1) is 12.2. The van der Waals surface area contributed by atoms with Crippen molar-refractivity contribution in [1.29, 1.82) is 0 Å². The van der Waals surface area contributed by atoms with Crippen molar-refractivity contribution in [2.75, 3.05) is 20.3 Å². The maximum absolute atomic E-state index is 11.3. The second-order valence-corrected chi connectivity index (χ2v) is 4.28. The monoisotopic (exact) mass is 212 g/mol. The van der Waals surface area contributed by atoms with Crippen molar-refractivity contribution >= 4 is 5.97 Å². The average Bonchev–Trinajstić information content (AvgIpc) is 2.20. The lowest BCUT2D eigenvalue weighted by Gasteiger charge is -2.39. The van der Waals surface area contributed by atoms with E-state index in [-0.39, 0.29) is 11.4 Å². The van der Waals surface area contributed by atoms with E-state index in [9.17, 15) is 4.79 Å². The largest absolute Gasteiger partial charge is 0.466 e. The fourth-order valence-electron chi connectivity index (χ4n) is 1.87. The molecule has 0 amide bonds. The number of esters is 1. The molecule has 0 saturated carbocycles. The zero-order valence-electron chi connectivity index (χ0n) is 9.84. The first-order valence-electron chi connectivity index (χ1n) is 5.49. The van der Waals surface area contributed by atoms with Crippen LogP contribution in [0, 0.1) is 5.41 Å². The zero-order valence-corrected chi connectivity index (χ0v) is 9.84. The van der Waals surface area contributed by atoms with Crippen molar-refractivity contribution < 1.29 is 14.3 Å². The number of hydrogen-bond acceptors (Lipinski definition) is 3. The van der Waals surface area contributed by atoms with Crippen molar-refractivity contribution in [3.05, 3.63) is 11.6 Å². The normalized spacial score (nSPS) is 19.5. The molecule has 1 saturated heterocycles. The molecule has 0 bridgehead atoms. The van der Waals surface area contributed by atoms with Gasteiger partial charge in [0.25, 0.3) is 0 Å². The van der Waals surface area contributed by atoms with Gasteiger partial charge in [0.05, 0.1) is 20.3 Å². The highest BCUT2D eigenvalue weighted by atomic mass is 16.5. The van der Waals surface area contributed by atoms with Crippen LogP contribution in [0.2, 0.25) is 0 Å². The SMILES string of the molecule is CCCCC1(C=C(C)C(=O)OC)COC1. The molecule has 0 N–H and O–H groups in total. The summed E-state index contributed by atoms with van der Waals surface area (Å²) >= 11 is 0. The smallest absolute Gasteiger partial charge is 0.333 e. The Labute approximate surface area is 91.4 Å². The van der Waals surface area contributed by atoms with Gasteiger partial charge in [0.2, 0.25) is 0 Å². The van der Waals surface area contributed by atoms with Gasteiger partial charge < -0.3 is 9.47 Å². The molecule has 3 nitrogen and oxygen atoms in total. The molecular weight excluding hydrogens is 192 g/mol. The van der Waals surface area contributed by atoms with Crippen LogP contribution < -0.4 is 0 Å². The van der Waals surface area contributed by atoms with Crippen LogP contribution in [0.3, 0.4) is 0 Å². The highest BCUT2D eigenvalue weighted by Crippen LogP contribution is 2.35. The maximum Gasteiger partial charge on any atom is 0.333 e. The molecule has 0 radical (unpaired) electrons. The highest BCUT2D eigenvalue weighted by molar-refractivity contribution is 5.87. The summed E-state index contributed by atoms with van der Waals surface area (Å²) in [5.74, 6) is -0.238. The van der Waals surface area contributed by atoms with E-state index >= 15 is 0 Å². The van der Waals surface area contributed by atoms with Crippen LogP contribution in [0.25, 0.3) is 0 Å². The van der Waals surface area contributed by atoms with Crippen LogP contribution in [0.5, 0.6) is 0 Å². The van der Waals surface area contributed by atoms with E-state index in [0.29, 0.717) is 5.57 Å². The third-order valence-electron chi connectivity index (χ3n) is 2.84. The summed E-state index contributed by atoms with van der Waals surface area (Å²) in [6.07, 6.45) is 5.47. The van der Waals surface area contributed by atoms with Crippen LogP contribution in [0.1, 0.15) is 33.1 Å². The van der Waals surface area contributed by atoms with E-state index in [1.54, 1.807) is 6.92 Å². The summed E-state index contributed by atoms with van der Waals surface area (Å²) < 4.78 is 9.94. The number of carbonyl (C=O) groups excluding carboxylic acids is 1. The molecule has 86 valence electrons. The van der Waals surface area contributed by atoms with Gasteiger partial charge in [-0.25, -0.2) is 4.79 Å². The number of carbonyl (C=O) groups is 1. The highest BCUT2D eigenvalue weighted by Gasteiger charge is 2.36.